The Labute approximate surface area is 112 Å². The van der Waals surface area contributed by atoms with E-state index >= 15 is 0 Å². The first-order valence-corrected chi connectivity index (χ1v) is 6.47. The molecule has 2 rings (SSSR count). The zero-order chi connectivity index (χ0) is 13.7. The second-order valence-corrected chi connectivity index (χ2v) is 4.69. The Bertz CT molecular complexity index is 525. The van der Waals surface area contributed by atoms with Gasteiger partial charge in [-0.2, -0.15) is 0 Å². The van der Waals surface area contributed by atoms with Gasteiger partial charge in [-0.25, -0.2) is 4.39 Å². The summed E-state index contributed by atoms with van der Waals surface area (Å²) in [6.07, 6.45) is 1.61. The van der Waals surface area contributed by atoms with E-state index in [0.29, 0.717) is 23.9 Å². The zero-order valence-electron chi connectivity index (χ0n) is 11.2. The molecule has 0 aliphatic carbocycles. The third kappa shape index (κ3) is 3.86. The lowest BCUT2D eigenvalue weighted by Gasteiger charge is -2.05. The smallest absolute Gasteiger partial charge is 0.250 e. The molecule has 102 valence electrons. The summed E-state index contributed by atoms with van der Waals surface area (Å²) in [6, 6.07) is 6.86. The summed E-state index contributed by atoms with van der Waals surface area (Å²) in [5.74, 6) is 0.438. The molecule has 1 aromatic heterocycles. The van der Waals surface area contributed by atoms with Crippen molar-refractivity contribution in [3.05, 3.63) is 36.0 Å². The van der Waals surface area contributed by atoms with E-state index in [2.05, 4.69) is 29.4 Å². The van der Waals surface area contributed by atoms with E-state index in [4.69, 9.17) is 4.42 Å². The summed E-state index contributed by atoms with van der Waals surface area (Å²) in [6.45, 7) is 5.10. The number of rotatable bonds is 6. The Morgan fingerprint density at radius 2 is 2.05 bits per heavy atom. The largest absolute Gasteiger partial charge is 0.421 e. The van der Waals surface area contributed by atoms with Crippen LogP contribution in [0.15, 0.2) is 28.7 Å². The van der Waals surface area contributed by atoms with Gasteiger partial charge in [0, 0.05) is 12.5 Å². The van der Waals surface area contributed by atoms with E-state index in [1.165, 1.54) is 6.07 Å². The predicted molar refractivity (Wildman–Crippen MR) is 71.2 cm³/mol. The molecule has 1 N–H and O–H groups in total. The SMILES string of the molecule is CC(C)NCCCc1nnc(-c2ccccc2F)o1. The van der Waals surface area contributed by atoms with Gasteiger partial charge in [-0.3, -0.25) is 0 Å². The molecule has 2 aromatic rings. The lowest BCUT2D eigenvalue weighted by atomic mass is 10.2. The maximum absolute atomic E-state index is 13.5. The van der Waals surface area contributed by atoms with Crippen LogP contribution in [0.2, 0.25) is 0 Å². The minimum atomic E-state index is -0.348. The third-order valence-electron chi connectivity index (χ3n) is 2.69. The van der Waals surface area contributed by atoms with Crippen LogP contribution in [0.3, 0.4) is 0 Å². The summed E-state index contributed by atoms with van der Waals surface area (Å²) >= 11 is 0. The average molecular weight is 263 g/mol. The minimum Gasteiger partial charge on any atom is -0.421 e. The maximum atomic E-state index is 13.5. The molecule has 0 bridgehead atoms. The molecule has 0 saturated heterocycles. The van der Waals surface area contributed by atoms with Crippen molar-refractivity contribution in [2.24, 2.45) is 0 Å². The molecule has 0 atom stereocenters. The number of nitrogens with one attached hydrogen (secondary N) is 1. The molecule has 1 aromatic carbocycles. The van der Waals surface area contributed by atoms with E-state index in [9.17, 15) is 4.39 Å². The van der Waals surface area contributed by atoms with Crippen LogP contribution in [0.25, 0.3) is 11.5 Å². The Hall–Kier alpha value is -1.75. The first kappa shape index (κ1) is 13.7. The highest BCUT2D eigenvalue weighted by atomic mass is 19.1. The quantitative estimate of drug-likeness (QED) is 0.814. The fourth-order valence-corrected chi connectivity index (χ4v) is 1.73. The van der Waals surface area contributed by atoms with Gasteiger partial charge in [0.15, 0.2) is 0 Å². The molecule has 0 aliphatic heterocycles. The molecular formula is C14H18FN3O. The average Bonchev–Trinajstić information content (AvgIpc) is 2.83. The lowest BCUT2D eigenvalue weighted by Crippen LogP contribution is -2.23. The van der Waals surface area contributed by atoms with Crippen LogP contribution in [0, 0.1) is 5.82 Å². The predicted octanol–water partition coefficient (Wildman–Crippen LogP) is 2.81. The highest BCUT2D eigenvalue weighted by Crippen LogP contribution is 2.21. The van der Waals surface area contributed by atoms with Crippen molar-refractivity contribution in [1.82, 2.24) is 15.5 Å². The molecule has 5 heteroatoms. The number of hydrogen-bond donors (Lipinski definition) is 1. The highest BCUT2D eigenvalue weighted by molar-refractivity contribution is 5.53. The van der Waals surface area contributed by atoms with Gasteiger partial charge in [-0.05, 0) is 25.1 Å². The number of aromatic nitrogens is 2. The fraction of sp³-hybridized carbons (Fsp3) is 0.429. The molecule has 1 heterocycles. The van der Waals surface area contributed by atoms with Crippen molar-refractivity contribution < 1.29 is 8.81 Å². The summed E-state index contributed by atoms with van der Waals surface area (Å²) in [7, 11) is 0. The van der Waals surface area contributed by atoms with Crippen molar-refractivity contribution in [3.63, 3.8) is 0 Å². The summed E-state index contributed by atoms with van der Waals surface area (Å²) in [4.78, 5) is 0. The maximum Gasteiger partial charge on any atom is 0.250 e. The lowest BCUT2D eigenvalue weighted by molar-refractivity contribution is 0.481. The summed E-state index contributed by atoms with van der Waals surface area (Å²) < 4.78 is 19.0. The Morgan fingerprint density at radius 1 is 1.26 bits per heavy atom. The first-order chi connectivity index (χ1) is 9.16. The summed E-state index contributed by atoms with van der Waals surface area (Å²) in [5.41, 5.74) is 0.349. The second-order valence-electron chi connectivity index (χ2n) is 4.69. The topological polar surface area (TPSA) is 51.0 Å². The van der Waals surface area contributed by atoms with E-state index in [1.807, 2.05) is 0 Å². The van der Waals surface area contributed by atoms with Gasteiger partial charge in [0.25, 0.3) is 5.89 Å². The Morgan fingerprint density at radius 3 is 2.79 bits per heavy atom. The molecule has 0 aliphatic rings. The van der Waals surface area contributed by atoms with Crippen LogP contribution in [-0.2, 0) is 6.42 Å². The number of nitrogens with zero attached hydrogens (tertiary/aromatic N) is 2. The van der Waals surface area contributed by atoms with E-state index in [0.717, 1.165) is 13.0 Å². The number of hydrogen-bond acceptors (Lipinski definition) is 4. The monoisotopic (exact) mass is 263 g/mol. The van der Waals surface area contributed by atoms with Crippen LogP contribution >= 0.6 is 0 Å². The zero-order valence-corrected chi connectivity index (χ0v) is 11.2. The van der Waals surface area contributed by atoms with Gasteiger partial charge < -0.3 is 9.73 Å². The van der Waals surface area contributed by atoms with Gasteiger partial charge in [-0.1, -0.05) is 26.0 Å². The van der Waals surface area contributed by atoms with E-state index in [1.54, 1.807) is 18.2 Å². The minimum absolute atomic E-state index is 0.241. The van der Waals surface area contributed by atoms with Gasteiger partial charge in [-0.15, -0.1) is 10.2 Å². The van der Waals surface area contributed by atoms with Crippen molar-refractivity contribution >= 4 is 0 Å². The molecule has 0 saturated carbocycles. The molecule has 0 radical (unpaired) electrons. The van der Waals surface area contributed by atoms with Gasteiger partial charge in [0.1, 0.15) is 5.82 Å². The van der Waals surface area contributed by atoms with Crippen molar-refractivity contribution in [1.29, 1.82) is 0 Å². The van der Waals surface area contributed by atoms with Crippen LogP contribution in [-0.4, -0.2) is 22.8 Å². The van der Waals surface area contributed by atoms with Crippen molar-refractivity contribution in [2.45, 2.75) is 32.7 Å². The van der Waals surface area contributed by atoms with Crippen LogP contribution in [0.4, 0.5) is 4.39 Å². The van der Waals surface area contributed by atoms with E-state index in [-0.39, 0.29) is 11.7 Å². The third-order valence-corrected chi connectivity index (χ3v) is 2.69. The van der Waals surface area contributed by atoms with Crippen LogP contribution in [0.1, 0.15) is 26.2 Å². The molecule has 4 nitrogen and oxygen atoms in total. The van der Waals surface area contributed by atoms with Crippen LogP contribution < -0.4 is 5.32 Å². The van der Waals surface area contributed by atoms with Crippen molar-refractivity contribution in [3.8, 4) is 11.5 Å². The molecule has 0 fully saturated rings. The number of benzene rings is 1. The molecule has 19 heavy (non-hydrogen) atoms. The van der Waals surface area contributed by atoms with Gasteiger partial charge in [0.05, 0.1) is 5.56 Å². The Balaban J connectivity index is 1.94. The number of aryl methyl sites for hydroxylation is 1. The summed E-state index contributed by atoms with van der Waals surface area (Å²) in [5, 5.41) is 11.1. The highest BCUT2D eigenvalue weighted by Gasteiger charge is 2.11. The normalized spacial score (nSPS) is 11.2. The first-order valence-electron chi connectivity index (χ1n) is 6.47. The molecule has 0 unspecified atom stereocenters. The van der Waals surface area contributed by atoms with E-state index < -0.39 is 0 Å². The standard InChI is InChI=1S/C14H18FN3O/c1-10(2)16-9-5-8-13-17-18-14(19-13)11-6-3-4-7-12(11)15/h3-4,6-7,10,16H,5,8-9H2,1-2H3. The molecule has 0 spiro atoms. The second kappa shape index (κ2) is 6.43. The van der Waals surface area contributed by atoms with Gasteiger partial charge in [0.2, 0.25) is 5.89 Å². The van der Waals surface area contributed by atoms with Crippen molar-refractivity contribution in [2.75, 3.05) is 6.54 Å². The molecule has 0 amide bonds. The molecular weight excluding hydrogens is 245 g/mol. The number of halogens is 1. The fourth-order valence-electron chi connectivity index (χ4n) is 1.73. The van der Waals surface area contributed by atoms with Crippen LogP contribution in [0.5, 0.6) is 0 Å². The Kier molecular flexibility index (Phi) is 4.63. The van der Waals surface area contributed by atoms with Gasteiger partial charge >= 0.3 is 0 Å².